The van der Waals surface area contributed by atoms with Crippen molar-refractivity contribution in [1.29, 1.82) is 0 Å². The van der Waals surface area contributed by atoms with Gasteiger partial charge < -0.3 is 4.42 Å². The molecule has 106 valence electrons. The number of halogens is 4. The third kappa shape index (κ3) is 2.95. The second-order valence-corrected chi connectivity index (χ2v) is 5.05. The number of hydrogen-bond acceptors (Lipinski definition) is 2. The summed E-state index contributed by atoms with van der Waals surface area (Å²) >= 11 is 2.97. The molecule has 20 heavy (non-hydrogen) atoms. The molecule has 0 amide bonds. The minimum Gasteiger partial charge on any atom is -0.458 e. The van der Waals surface area contributed by atoms with E-state index in [4.69, 9.17) is 4.42 Å². The van der Waals surface area contributed by atoms with E-state index < -0.39 is 23.1 Å². The molecule has 1 heterocycles. The Bertz CT molecular complexity index is 644. The Morgan fingerprint density at radius 3 is 2.50 bits per heavy atom. The number of hydrogen-bond donors (Lipinski definition) is 0. The van der Waals surface area contributed by atoms with E-state index in [2.05, 4.69) is 15.9 Å². The van der Waals surface area contributed by atoms with Crippen LogP contribution in [0.1, 0.15) is 34.4 Å². The smallest absolute Gasteiger partial charge is 0.417 e. The van der Waals surface area contributed by atoms with Gasteiger partial charge >= 0.3 is 6.18 Å². The molecule has 0 aliphatic carbocycles. The first-order valence-electron chi connectivity index (χ1n) is 5.83. The van der Waals surface area contributed by atoms with Crippen LogP contribution in [0.25, 0.3) is 0 Å². The maximum Gasteiger partial charge on any atom is 0.417 e. The molecule has 6 heteroatoms. The normalized spacial score (nSPS) is 11.7. The van der Waals surface area contributed by atoms with E-state index in [1.54, 1.807) is 6.07 Å². The second-order valence-electron chi connectivity index (χ2n) is 4.14. The molecule has 0 atom stereocenters. The average molecular weight is 347 g/mol. The van der Waals surface area contributed by atoms with Crippen molar-refractivity contribution in [2.75, 3.05) is 0 Å². The van der Waals surface area contributed by atoms with Crippen LogP contribution in [0.2, 0.25) is 0 Å². The molecule has 0 aliphatic heterocycles. The molecule has 1 aromatic heterocycles. The SMILES string of the molecule is CCc1ccc(C(=O)c2ccc(Br)cc2C(F)(F)F)o1. The lowest BCUT2D eigenvalue weighted by Crippen LogP contribution is -2.13. The molecule has 1 aromatic carbocycles. The Labute approximate surface area is 121 Å². The molecule has 0 unspecified atom stereocenters. The number of carbonyl (C=O) groups excluding carboxylic acids is 1. The van der Waals surface area contributed by atoms with Gasteiger partial charge in [-0.1, -0.05) is 22.9 Å². The van der Waals surface area contributed by atoms with Gasteiger partial charge in [-0.15, -0.1) is 0 Å². The van der Waals surface area contributed by atoms with Crippen LogP contribution in [-0.4, -0.2) is 5.78 Å². The molecule has 0 fully saturated rings. The van der Waals surface area contributed by atoms with Gasteiger partial charge in [0.1, 0.15) is 5.76 Å². The van der Waals surface area contributed by atoms with Gasteiger partial charge in [0.05, 0.1) is 5.56 Å². The van der Waals surface area contributed by atoms with Gasteiger partial charge in [-0.2, -0.15) is 13.2 Å². The van der Waals surface area contributed by atoms with E-state index >= 15 is 0 Å². The van der Waals surface area contributed by atoms with Crippen LogP contribution < -0.4 is 0 Å². The molecular formula is C14H10BrF3O2. The van der Waals surface area contributed by atoms with Crippen molar-refractivity contribution >= 4 is 21.7 Å². The molecule has 0 N–H and O–H groups in total. The van der Waals surface area contributed by atoms with Crippen molar-refractivity contribution in [1.82, 2.24) is 0 Å². The third-order valence-corrected chi connectivity index (χ3v) is 3.26. The molecule has 2 rings (SSSR count). The summed E-state index contributed by atoms with van der Waals surface area (Å²) in [5.74, 6) is -0.307. The minimum absolute atomic E-state index is 0.0883. The van der Waals surface area contributed by atoms with Crippen LogP contribution in [-0.2, 0) is 12.6 Å². The zero-order chi connectivity index (χ0) is 14.9. The van der Waals surface area contributed by atoms with Crippen LogP contribution >= 0.6 is 15.9 Å². The van der Waals surface area contributed by atoms with Crippen LogP contribution in [0.4, 0.5) is 13.2 Å². The molecule has 2 aromatic rings. The molecule has 0 bridgehead atoms. The molecule has 0 spiro atoms. The van der Waals surface area contributed by atoms with Crippen molar-refractivity contribution in [3.8, 4) is 0 Å². The van der Waals surface area contributed by atoms with Crippen molar-refractivity contribution in [2.45, 2.75) is 19.5 Å². The molecule has 0 saturated carbocycles. The molecule has 0 radical (unpaired) electrons. The van der Waals surface area contributed by atoms with Crippen LogP contribution in [0, 0.1) is 0 Å². The second kappa shape index (κ2) is 5.44. The van der Waals surface area contributed by atoms with Crippen molar-refractivity contribution < 1.29 is 22.4 Å². The van der Waals surface area contributed by atoms with Gasteiger partial charge in [-0.25, -0.2) is 0 Å². The summed E-state index contributed by atoms with van der Waals surface area (Å²) < 4.78 is 44.4. The van der Waals surface area contributed by atoms with Gasteiger partial charge in [-0.3, -0.25) is 4.79 Å². The number of benzene rings is 1. The summed E-state index contributed by atoms with van der Waals surface area (Å²) in [7, 11) is 0. The van der Waals surface area contributed by atoms with Crippen molar-refractivity contribution in [3.63, 3.8) is 0 Å². The predicted octanol–water partition coefficient (Wildman–Crippen LogP) is 4.85. The fourth-order valence-electron chi connectivity index (χ4n) is 1.77. The maximum atomic E-state index is 13.0. The highest BCUT2D eigenvalue weighted by Gasteiger charge is 2.36. The topological polar surface area (TPSA) is 30.2 Å². The van der Waals surface area contributed by atoms with E-state index in [9.17, 15) is 18.0 Å². The van der Waals surface area contributed by atoms with Gasteiger partial charge in [0.25, 0.3) is 0 Å². The lowest BCUT2D eigenvalue weighted by atomic mass is 10.0. The first-order chi connectivity index (χ1) is 9.32. The van der Waals surface area contributed by atoms with E-state index in [1.807, 2.05) is 6.92 Å². The molecular weight excluding hydrogens is 337 g/mol. The fourth-order valence-corrected chi connectivity index (χ4v) is 2.13. The van der Waals surface area contributed by atoms with Crippen LogP contribution in [0.15, 0.2) is 39.2 Å². The Hall–Kier alpha value is -1.56. The first-order valence-corrected chi connectivity index (χ1v) is 6.62. The Morgan fingerprint density at radius 1 is 1.25 bits per heavy atom. The summed E-state index contributed by atoms with van der Waals surface area (Å²) in [4.78, 5) is 12.1. The maximum absolute atomic E-state index is 13.0. The Balaban J connectivity index is 2.49. The Kier molecular flexibility index (Phi) is 4.04. The van der Waals surface area contributed by atoms with E-state index in [0.29, 0.717) is 12.2 Å². The number of ketones is 1. The lowest BCUT2D eigenvalue weighted by Gasteiger charge is -2.11. The van der Waals surface area contributed by atoms with E-state index in [-0.39, 0.29) is 10.2 Å². The molecule has 0 aliphatic rings. The Morgan fingerprint density at radius 2 is 1.95 bits per heavy atom. The van der Waals surface area contributed by atoms with Gasteiger partial charge in [0.2, 0.25) is 5.78 Å². The summed E-state index contributed by atoms with van der Waals surface area (Å²) in [5, 5.41) is 0. The number of furan rings is 1. The molecule has 0 saturated heterocycles. The van der Waals surface area contributed by atoms with E-state index in [0.717, 1.165) is 12.1 Å². The quantitative estimate of drug-likeness (QED) is 0.743. The zero-order valence-electron chi connectivity index (χ0n) is 10.4. The first kappa shape index (κ1) is 14.8. The number of aryl methyl sites for hydroxylation is 1. The minimum atomic E-state index is -4.60. The summed E-state index contributed by atoms with van der Waals surface area (Å²) in [6.45, 7) is 1.83. The number of alkyl halides is 3. The fraction of sp³-hybridized carbons (Fsp3) is 0.214. The summed E-state index contributed by atoms with van der Waals surface area (Å²) in [5.41, 5.74) is -1.40. The highest BCUT2D eigenvalue weighted by Crippen LogP contribution is 2.35. The van der Waals surface area contributed by atoms with Crippen molar-refractivity contribution in [3.05, 3.63) is 57.5 Å². The number of rotatable bonds is 3. The van der Waals surface area contributed by atoms with Gasteiger partial charge in [-0.05, 0) is 30.3 Å². The number of carbonyl (C=O) groups is 1. The molecule has 2 nitrogen and oxygen atoms in total. The summed E-state index contributed by atoms with van der Waals surface area (Å²) in [6.07, 6.45) is -4.03. The van der Waals surface area contributed by atoms with Crippen molar-refractivity contribution in [2.24, 2.45) is 0 Å². The summed E-state index contributed by atoms with van der Waals surface area (Å²) in [6, 6.07) is 6.40. The predicted molar refractivity (Wildman–Crippen MR) is 70.7 cm³/mol. The lowest BCUT2D eigenvalue weighted by molar-refractivity contribution is -0.137. The monoisotopic (exact) mass is 346 g/mol. The van der Waals surface area contributed by atoms with Crippen LogP contribution in [0.3, 0.4) is 0 Å². The largest absolute Gasteiger partial charge is 0.458 e. The zero-order valence-corrected chi connectivity index (χ0v) is 12.0. The van der Waals surface area contributed by atoms with E-state index in [1.165, 1.54) is 12.1 Å². The van der Waals surface area contributed by atoms with Crippen LogP contribution in [0.5, 0.6) is 0 Å². The average Bonchev–Trinajstić information content (AvgIpc) is 2.85. The van der Waals surface area contributed by atoms with Gasteiger partial charge in [0, 0.05) is 16.5 Å². The standard InChI is InChI=1S/C14H10BrF3O2/c1-2-9-4-6-12(20-9)13(19)10-5-3-8(15)7-11(10)14(16,17)18/h3-7H,2H2,1H3. The van der Waals surface area contributed by atoms with Gasteiger partial charge in [0.15, 0.2) is 5.76 Å². The third-order valence-electron chi connectivity index (χ3n) is 2.77. The highest BCUT2D eigenvalue weighted by molar-refractivity contribution is 9.10. The highest BCUT2D eigenvalue weighted by atomic mass is 79.9.